The summed E-state index contributed by atoms with van der Waals surface area (Å²) in [5.74, 6) is -0.217. The lowest BCUT2D eigenvalue weighted by atomic mass is 10.2. The summed E-state index contributed by atoms with van der Waals surface area (Å²) in [5.41, 5.74) is 2.75. The van der Waals surface area contributed by atoms with Crippen LogP contribution in [0, 0.1) is 5.82 Å². The Kier molecular flexibility index (Phi) is 2.33. The van der Waals surface area contributed by atoms with E-state index in [1.807, 2.05) is 16.7 Å². The quantitative estimate of drug-likeness (QED) is 0.673. The summed E-state index contributed by atoms with van der Waals surface area (Å²) in [6.45, 7) is 0.669. The highest BCUT2D eigenvalue weighted by Crippen LogP contribution is 2.12. The van der Waals surface area contributed by atoms with E-state index in [1.54, 1.807) is 24.7 Å². The molecule has 3 rings (SSSR count). The minimum atomic E-state index is -0.217. The molecule has 0 fully saturated rings. The van der Waals surface area contributed by atoms with Crippen LogP contribution < -0.4 is 0 Å². The Bertz CT molecular complexity index is 643. The molecule has 0 atom stereocenters. The number of aromatic nitrogens is 3. The molecular formula is C13H10FN3. The molecule has 0 radical (unpaired) electrons. The van der Waals surface area contributed by atoms with Crippen molar-refractivity contribution >= 4 is 11.2 Å². The minimum absolute atomic E-state index is 0.217. The number of rotatable bonds is 2. The Morgan fingerprint density at radius 2 is 1.88 bits per heavy atom. The number of fused-ring (bicyclic) bond motifs is 1. The highest BCUT2D eigenvalue weighted by Gasteiger charge is 2.03. The van der Waals surface area contributed by atoms with Gasteiger partial charge in [-0.1, -0.05) is 12.1 Å². The molecule has 2 heterocycles. The second kappa shape index (κ2) is 3.97. The van der Waals surface area contributed by atoms with Crippen LogP contribution in [-0.2, 0) is 6.54 Å². The summed E-state index contributed by atoms with van der Waals surface area (Å²) >= 11 is 0. The number of pyridine rings is 1. The Morgan fingerprint density at radius 1 is 1.06 bits per heavy atom. The van der Waals surface area contributed by atoms with E-state index in [2.05, 4.69) is 9.97 Å². The Labute approximate surface area is 97.6 Å². The SMILES string of the molecule is Fc1ccc(Cn2cnc3ncccc32)cc1. The first-order valence-electron chi connectivity index (χ1n) is 5.33. The molecule has 0 unspecified atom stereocenters. The van der Waals surface area contributed by atoms with Crippen molar-refractivity contribution in [3.05, 3.63) is 60.3 Å². The van der Waals surface area contributed by atoms with Crippen LogP contribution in [0.4, 0.5) is 4.39 Å². The van der Waals surface area contributed by atoms with E-state index < -0.39 is 0 Å². The molecule has 17 heavy (non-hydrogen) atoms. The molecule has 0 saturated carbocycles. The Morgan fingerprint density at radius 3 is 2.71 bits per heavy atom. The van der Waals surface area contributed by atoms with Crippen molar-refractivity contribution in [1.29, 1.82) is 0 Å². The van der Waals surface area contributed by atoms with Gasteiger partial charge in [0.2, 0.25) is 0 Å². The molecule has 0 saturated heterocycles. The van der Waals surface area contributed by atoms with Crippen molar-refractivity contribution in [2.75, 3.05) is 0 Å². The van der Waals surface area contributed by atoms with Crippen LogP contribution in [-0.4, -0.2) is 14.5 Å². The smallest absolute Gasteiger partial charge is 0.177 e. The largest absolute Gasteiger partial charge is 0.325 e. The molecule has 4 heteroatoms. The second-order valence-corrected chi connectivity index (χ2v) is 3.85. The Hall–Kier alpha value is -2.23. The lowest BCUT2D eigenvalue weighted by Crippen LogP contribution is -1.97. The summed E-state index contributed by atoms with van der Waals surface area (Å²) in [4.78, 5) is 8.38. The van der Waals surface area contributed by atoms with Crippen molar-refractivity contribution in [3.63, 3.8) is 0 Å². The first-order valence-corrected chi connectivity index (χ1v) is 5.33. The first kappa shape index (κ1) is 9.96. The second-order valence-electron chi connectivity index (χ2n) is 3.85. The number of hydrogen-bond donors (Lipinski definition) is 0. The maximum Gasteiger partial charge on any atom is 0.177 e. The molecule has 0 aliphatic heterocycles. The molecule has 0 N–H and O–H groups in total. The fourth-order valence-corrected chi connectivity index (χ4v) is 1.81. The van der Waals surface area contributed by atoms with Gasteiger partial charge in [-0.05, 0) is 29.8 Å². The molecule has 0 aliphatic rings. The monoisotopic (exact) mass is 227 g/mol. The van der Waals surface area contributed by atoms with Crippen LogP contribution in [0.25, 0.3) is 11.2 Å². The summed E-state index contributed by atoms with van der Waals surface area (Å²) in [5, 5.41) is 0. The van der Waals surface area contributed by atoms with Gasteiger partial charge in [0.15, 0.2) is 5.65 Å². The van der Waals surface area contributed by atoms with Crippen molar-refractivity contribution < 1.29 is 4.39 Å². The molecule has 1 aromatic carbocycles. The van der Waals surface area contributed by atoms with Crippen molar-refractivity contribution in [2.45, 2.75) is 6.54 Å². The fourth-order valence-electron chi connectivity index (χ4n) is 1.81. The van der Waals surface area contributed by atoms with Crippen LogP contribution in [0.3, 0.4) is 0 Å². The van der Waals surface area contributed by atoms with Gasteiger partial charge in [0.25, 0.3) is 0 Å². The number of hydrogen-bond acceptors (Lipinski definition) is 2. The van der Waals surface area contributed by atoms with Gasteiger partial charge in [-0.2, -0.15) is 0 Å². The third kappa shape index (κ3) is 1.89. The molecule has 0 bridgehead atoms. The summed E-state index contributed by atoms with van der Waals surface area (Å²) in [6, 6.07) is 10.3. The molecular weight excluding hydrogens is 217 g/mol. The van der Waals surface area contributed by atoms with Gasteiger partial charge in [-0.3, -0.25) is 0 Å². The van der Waals surface area contributed by atoms with E-state index in [0.29, 0.717) is 6.54 Å². The zero-order valence-electron chi connectivity index (χ0n) is 9.05. The maximum atomic E-state index is 12.8. The van der Waals surface area contributed by atoms with Crippen LogP contribution in [0.2, 0.25) is 0 Å². The highest BCUT2D eigenvalue weighted by atomic mass is 19.1. The number of benzene rings is 1. The van der Waals surface area contributed by atoms with Gasteiger partial charge in [0.05, 0.1) is 11.8 Å². The summed E-state index contributed by atoms with van der Waals surface area (Å²) < 4.78 is 14.8. The van der Waals surface area contributed by atoms with Crippen molar-refractivity contribution in [2.24, 2.45) is 0 Å². The van der Waals surface area contributed by atoms with Crippen LogP contribution in [0.1, 0.15) is 5.56 Å². The summed E-state index contributed by atoms with van der Waals surface area (Å²) in [6.07, 6.45) is 3.47. The molecule has 84 valence electrons. The van der Waals surface area contributed by atoms with Crippen molar-refractivity contribution in [1.82, 2.24) is 14.5 Å². The fraction of sp³-hybridized carbons (Fsp3) is 0.0769. The normalized spacial score (nSPS) is 10.9. The van der Waals surface area contributed by atoms with Crippen LogP contribution in [0.5, 0.6) is 0 Å². The standard InChI is InChI=1S/C13H10FN3/c14-11-5-3-10(4-6-11)8-17-9-16-13-12(17)2-1-7-15-13/h1-7,9H,8H2. The average molecular weight is 227 g/mol. The zero-order chi connectivity index (χ0) is 11.7. The van der Waals surface area contributed by atoms with Crippen LogP contribution in [0.15, 0.2) is 48.9 Å². The lowest BCUT2D eigenvalue weighted by molar-refractivity contribution is 0.626. The molecule has 0 amide bonds. The zero-order valence-corrected chi connectivity index (χ0v) is 9.05. The number of halogens is 1. The molecule has 0 spiro atoms. The molecule has 0 aliphatic carbocycles. The topological polar surface area (TPSA) is 30.7 Å². The van der Waals surface area contributed by atoms with Gasteiger partial charge < -0.3 is 4.57 Å². The van der Waals surface area contributed by atoms with Crippen LogP contribution >= 0.6 is 0 Å². The predicted molar refractivity (Wildman–Crippen MR) is 63.0 cm³/mol. The third-order valence-corrected chi connectivity index (χ3v) is 2.66. The van der Waals surface area contributed by atoms with E-state index in [0.717, 1.165) is 16.7 Å². The van der Waals surface area contributed by atoms with E-state index in [1.165, 1.54) is 12.1 Å². The van der Waals surface area contributed by atoms with Gasteiger partial charge in [-0.15, -0.1) is 0 Å². The van der Waals surface area contributed by atoms with E-state index >= 15 is 0 Å². The van der Waals surface area contributed by atoms with E-state index in [9.17, 15) is 4.39 Å². The van der Waals surface area contributed by atoms with Gasteiger partial charge in [0, 0.05) is 12.7 Å². The van der Waals surface area contributed by atoms with E-state index in [-0.39, 0.29) is 5.82 Å². The Balaban J connectivity index is 1.97. The third-order valence-electron chi connectivity index (χ3n) is 2.66. The lowest BCUT2D eigenvalue weighted by Gasteiger charge is -2.03. The van der Waals surface area contributed by atoms with E-state index in [4.69, 9.17) is 0 Å². The highest BCUT2D eigenvalue weighted by molar-refractivity contribution is 5.70. The van der Waals surface area contributed by atoms with Gasteiger partial charge in [-0.25, -0.2) is 14.4 Å². The average Bonchev–Trinajstić information content (AvgIpc) is 2.76. The number of imidazole rings is 1. The number of nitrogens with zero attached hydrogens (tertiary/aromatic N) is 3. The minimum Gasteiger partial charge on any atom is -0.325 e. The van der Waals surface area contributed by atoms with Gasteiger partial charge >= 0.3 is 0 Å². The van der Waals surface area contributed by atoms with Crippen molar-refractivity contribution in [3.8, 4) is 0 Å². The molecule has 3 nitrogen and oxygen atoms in total. The first-order chi connectivity index (χ1) is 8.33. The molecule has 3 aromatic rings. The van der Waals surface area contributed by atoms with Gasteiger partial charge in [0.1, 0.15) is 5.82 Å². The predicted octanol–water partition coefficient (Wildman–Crippen LogP) is 2.62. The maximum absolute atomic E-state index is 12.8. The molecule has 2 aromatic heterocycles. The summed E-state index contributed by atoms with van der Waals surface area (Å²) in [7, 11) is 0.